The number of aromatic nitrogens is 1. The monoisotopic (exact) mass is 452 g/mol. The molecule has 2 aromatic rings. The van der Waals surface area contributed by atoms with E-state index in [1.54, 1.807) is 45.9 Å². The third-order valence-electron chi connectivity index (χ3n) is 4.55. The van der Waals surface area contributed by atoms with Crippen LogP contribution < -0.4 is 10.9 Å². The van der Waals surface area contributed by atoms with Crippen LogP contribution in [0.3, 0.4) is 0 Å². The summed E-state index contributed by atoms with van der Waals surface area (Å²) in [7, 11) is 0. The third-order valence-corrected chi connectivity index (χ3v) is 4.78. The molecule has 2 rings (SSSR count). The number of carbonyl (C=O) groups excluding carboxylic acids is 3. The summed E-state index contributed by atoms with van der Waals surface area (Å²) >= 11 is 5.99. The molecule has 0 radical (unpaired) electrons. The van der Waals surface area contributed by atoms with E-state index in [0.29, 0.717) is 15.8 Å². The number of amides is 1. The molecular weight excluding hydrogens is 427 g/mol. The van der Waals surface area contributed by atoms with Crippen molar-refractivity contribution >= 4 is 40.0 Å². The Labute approximate surface area is 184 Å². The van der Waals surface area contributed by atoms with E-state index in [9.17, 15) is 23.6 Å². The second-order valence-electron chi connectivity index (χ2n) is 8.14. The molecule has 1 heterocycles. The number of hydrogen-bond donors (Lipinski definition) is 1. The first-order valence-corrected chi connectivity index (χ1v) is 10.3. The second kappa shape index (κ2) is 10.0. The number of ketones is 1. The lowest BCUT2D eigenvalue weighted by atomic mass is 10.1. The average Bonchev–Trinajstić information content (AvgIpc) is 2.68. The van der Waals surface area contributed by atoms with Crippen LogP contribution in [0.15, 0.2) is 35.3 Å². The molecule has 1 aromatic carbocycles. The van der Waals surface area contributed by atoms with E-state index in [0.717, 1.165) is 0 Å². The standard InChI is InChI=1S/C22H26ClFN2O5/c1-5-17(26-9-8-13-6-7-14(23)10-15(13)21(26)30)20(29)25-16(18(27)12-24)11-19(28)31-22(2,3)4/h6-10,16-17H,5,11-12H2,1-4H3,(H,25,29)/t16?,17-/m0/s1. The fourth-order valence-electron chi connectivity index (χ4n) is 3.14. The molecule has 168 valence electrons. The molecule has 0 saturated heterocycles. The van der Waals surface area contributed by atoms with Crippen LogP contribution in [0.5, 0.6) is 0 Å². The number of nitrogens with zero attached hydrogens (tertiary/aromatic N) is 1. The number of nitrogens with one attached hydrogen (secondary N) is 1. The first-order chi connectivity index (χ1) is 14.5. The van der Waals surface area contributed by atoms with Gasteiger partial charge in [-0.25, -0.2) is 4.39 Å². The second-order valence-corrected chi connectivity index (χ2v) is 8.57. The molecule has 2 atom stereocenters. The highest BCUT2D eigenvalue weighted by atomic mass is 35.5. The van der Waals surface area contributed by atoms with Crippen molar-refractivity contribution in [3.05, 3.63) is 45.8 Å². The molecule has 1 N–H and O–H groups in total. The smallest absolute Gasteiger partial charge is 0.308 e. The average molecular weight is 453 g/mol. The number of hydrogen-bond acceptors (Lipinski definition) is 5. The van der Waals surface area contributed by atoms with E-state index in [4.69, 9.17) is 16.3 Å². The van der Waals surface area contributed by atoms with E-state index in [2.05, 4.69) is 5.32 Å². The first kappa shape index (κ1) is 24.5. The SMILES string of the molecule is CC[C@@H](C(=O)NC(CC(=O)OC(C)(C)C)C(=O)CF)n1ccc2ccc(Cl)cc2c1=O. The summed E-state index contributed by atoms with van der Waals surface area (Å²) in [5.41, 5.74) is -1.22. The van der Waals surface area contributed by atoms with Gasteiger partial charge in [0, 0.05) is 16.6 Å². The predicted octanol–water partition coefficient (Wildman–Crippen LogP) is 3.36. The normalized spacial score (nSPS) is 13.5. The van der Waals surface area contributed by atoms with Gasteiger partial charge in [0.25, 0.3) is 5.56 Å². The number of benzene rings is 1. The van der Waals surface area contributed by atoms with Crippen molar-refractivity contribution in [1.29, 1.82) is 0 Å². The van der Waals surface area contributed by atoms with Crippen molar-refractivity contribution in [2.75, 3.05) is 6.67 Å². The van der Waals surface area contributed by atoms with Crippen LogP contribution in [0.25, 0.3) is 10.8 Å². The van der Waals surface area contributed by atoms with E-state index in [1.165, 1.54) is 16.8 Å². The fourth-order valence-corrected chi connectivity index (χ4v) is 3.31. The number of Topliss-reactive ketones (excluding diaryl/α,β-unsaturated/α-hetero) is 1. The van der Waals surface area contributed by atoms with Gasteiger partial charge in [0.2, 0.25) is 5.91 Å². The van der Waals surface area contributed by atoms with Gasteiger partial charge in [0.05, 0.1) is 6.42 Å². The molecule has 0 fully saturated rings. The number of rotatable bonds is 8. The van der Waals surface area contributed by atoms with Gasteiger partial charge >= 0.3 is 5.97 Å². The lowest BCUT2D eigenvalue weighted by molar-refractivity contribution is -0.156. The number of pyridine rings is 1. The molecule has 1 unspecified atom stereocenters. The molecule has 1 aromatic heterocycles. The minimum Gasteiger partial charge on any atom is -0.460 e. The van der Waals surface area contributed by atoms with Gasteiger partial charge in [-0.2, -0.15) is 0 Å². The summed E-state index contributed by atoms with van der Waals surface area (Å²) in [6, 6.07) is 4.17. The topological polar surface area (TPSA) is 94.5 Å². The Balaban J connectivity index is 2.30. The number of alkyl halides is 1. The maximum atomic E-state index is 13.0. The van der Waals surface area contributed by atoms with Crippen molar-refractivity contribution in [2.24, 2.45) is 0 Å². The Kier molecular flexibility index (Phi) is 7.95. The summed E-state index contributed by atoms with van der Waals surface area (Å²) in [4.78, 5) is 49.9. The third kappa shape index (κ3) is 6.37. The molecule has 7 nitrogen and oxygen atoms in total. The summed E-state index contributed by atoms with van der Waals surface area (Å²) in [6.07, 6.45) is 1.19. The van der Waals surface area contributed by atoms with Crippen LogP contribution in [0.1, 0.15) is 46.6 Å². The zero-order valence-corrected chi connectivity index (χ0v) is 18.7. The minimum absolute atomic E-state index is 0.223. The summed E-state index contributed by atoms with van der Waals surface area (Å²) in [6.45, 7) is 5.31. The van der Waals surface area contributed by atoms with Crippen molar-refractivity contribution in [2.45, 2.75) is 58.2 Å². The number of ether oxygens (including phenoxy) is 1. The van der Waals surface area contributed by atoms with Crippen LogP contribution >= 0.6 is 11.6 Å². The Morgan fingerprint density at radius 2 is 1.90 bits per heavy atom. The summed E-state index contributed by atoms with van der Waals surface area (Å²) < 4.78 is 19.4. The van der Waals surface area contributed by atoms with Crippen molar-refractivity contribution in [3.8, 4) is 0 Å². The van der Waals surface area contributed by atoms with Crippen LogP contribution in [-0.2, 0) is 19.1 Å². The summed E-state index contributed by atoms with van der Waals surface area (Å²) in [5.74, 6) is -2.38. The van der Waals surface area contributed by atoms with E-state index < -0.39 is 54.0 Å². The number of fused-ring (bicyclic) bond motifs is 1. The predicted molar refractivity (Wildman–Crippen MR) is 116 cm³/mol. The van der Waals surface area contributed by atoms with E-state index >= 15 is 0 Å². The van der Waals surface area contributed by atoms with Crippen LogP contribution in [0.2, 0.25) is 5.02 Å². The van der Waals surface area contributed by atoms with Gasteiger partial charge in [0.1, 0.15) is 24.4 Å². The number of esters is 1. The lowest BCUT2D eigenvalue weighted by Gasteiger charge is -2.24. The van der Waals surface area contributed by atoms with Gasteiger partial charge < -0.3 is 14.6 Å². The first-order valence-electron chi connectivity index (χ1n) is 9.88. The molecule has 0 bridgehead atoms. The Hall–Kier alpha value is -2.74. The molecule has 9 heteroatoms. The van der Waals surface area contributed by atoms with Crippen LogP contribution in [0.4, 0.5) is 4.39 Å². The van der Waals surface area contributed by atoms with Crippen LogP contribution in [0, 0.1) is 0 Å². The molecule has 1 amide bonds. The maximum Gasteiger partial charge on any atom is 0.308 e. The molecule has 0 spiro atoms. The maximum absolute atomic E-state index is 13.0. The Bertz CT molecular complexity index is 1040. The van der Waals surface area contributed by atoms with E-state index in [1.807, 2.05) is 0 Å². The van der Waals surface area contributed by atoms with Crippen LogP contribution in [-0.4, -0.2) is 40.5 Å². The summed E-state index contributed by atoms with van der Waals surface area (Å²) in [5, 5.41) is 3.79. The quantitative estimate of drug-likeness (QED) is 0.620. The van der Waals surface area contributed by atoms with Gasteiger partial charge in [-0.1, -0.05) is 24.6 Å². The lowest BCUT2D eigenvalue weighted by Crippen LogP contribution is -2.47. The Morgan fingerprint density at radius 3 is 2.48 bits per heavy atom. The van der Waals surface area contributed by atoms with Gasteiger partial charge in [0.15, 0.2) is 5.78 Å². The highest BCUT2D eigenvalue weighted by Crippen LogP contribution is 2.19. The minimum atomic E-state index is -1.40. The molecule has 0 aliphatic carbocycles. The molecule has 0 aliphatic rings. The van der Waals surface area contributed by atoms with Crippen molar-refractivity contribution < 1.29 is 23.5 Å². The molecular formula is C22H26ClFN2O5. The Morgan fingerprint density at radius 1 is 1.23 bits per heavy atom. The zero-order valence-electron chi connectivity index (χ0n) is 17.9. The largest absolute Gasteiger partial charge is 0.460 e. The zero-order chi connectivity index (χ0) is 23.3. The molecule has 0 saturated carbocycles. The fraction of sp³-hybridized carbons (Fsp3) is 0.455. The van der Waals surface area contributed by atoms with Crippen molar-refractivity contribution in [3.63, 3.8) is 0 Å². The number of carbonyl (C=O) groups is 3. The van der Waals surface area contributed by atoms with E-state index in [-0.39, 0.29) is 6.42 Å². The van der Waals surface area contributed by atoms with Gasteiger partial charge in [-0.15, -0.1) is 0 Å². The highest BCUT2D eigenvalue weighted by molar-refractivity contribution is 6.31. The highest BCUT2D eigenvalue weighted by Gasteiger charge is 2.30. The van der Waals surface area contributed by atoms with Crippen molar-refractivity contribution in [1.82, 2.24) is 9.88 Å². The van der Waals surface area contributed by atoms with Gasteiger partial charge in [-0.05, 0) is 50.8 Å². The van der Waals surface area contributed by atoms with Gasteiger partial charge in [-0.3, -0.25) is 19.2 Å². The molecule has 31 heavy (non-hydrogen) atoms. The number of halogens is 2. The molecule has 0 aliphatic heterocycles.